The summed E-state index contributed by atoms with van der Waals surface area (Å²) < 4.78 is 5.53. The maximum atomic E-state index is 11.5. The highest BCUT2D eigenvalue weighted by atomic mass is 16.5. The Morgan fingerprint density at radius 3 is 1.91 bits per heavy atom. The van der Waals surface area contributed by atoms with Crippen LogP contribution in [0, 0.1) is 0 Å². The molecule has 1 saturated carbocycles. The maximum Gasteiger partial charge on any atom is 0.409 e. The van der Waals surface area contributed by atoms with E-state index in [9.17, 15) is 19.8 Å². The number of carboxylic acids is 1. The number of hydrogen-bond donors (Lipinski definition) is 3. The second-order valence-electron chi connectivity index (χ2n) is 8.07. The van der Waals surface area contributed by atoms with Gasteiger partial charge in [0.1, 0.15) is 11.4 Å². The van der Waals surface area contributed by atoms with Crippen LogP contribution < -0.4 is 5.32 Å². The summed E-state index contributed by atoms with van der Waals surface area (Å²) in [5.74, 6) is -0.442. The number of carbonyl (C=O) groups is 2. The van der Waals surface area contributed by atoms with Crippen LogP contribution in [0.2, 0.25) is 0 Å². The van der Waals surface area contributed by atoms with Crippen LogP contribution in [0.1, 0.15) is 18.4 Å². The van der Waals surface area contributed by atoms with Gasteiger partial charge in [-0.05, 0) is 29.5 Å². The molecule has 1 aliphatic carbocycles. The third-order valence-corrected chi connectivity index (χ3v) is 6.05. The zero-order valence-corrected chi connectivity index (χ0v) is 17.5. The summed E-state index contributed by atoms with van der Waals surface area (Å²) in [7, 11) is 0. The molecule has 0 atom stereocenters. The molecule has 7 heteroatoms. The van der Waals surface area contributed by atoms with Gasteiger partial charge in [0.15, 0.2) is 5.76 Å². The Kier molecular flexibility index (Phi) is 4.94. The van der Waals surface area contributed by atoms with E-state index in [1.54, 1.807) is 0 Å². The molecule has 0 radical (unpaired) electrons. The smallest absolute Gasteiger partial charge is 0.409 e. The average molecular weight is 440 g/mol. The fraction of sp³-hybridized carbons (Fsp3) is 0.115. The van der Waals surface area contributed by atoms with Gasteiger partial charge in [-0.3, -0.25) is 10.1 Å². The van der Waals surface area contributed by atoms with Crippen molar-refractivity contribution in [3.05, 3.63) is 84.4 Å². The molecule has 0 saturated heterocycles. The number of nitrogens with zero attached hydrogens (tertiary/aromatic N) is 1. The molecular weight excluding hydrogens is 420 g/mol. The highest BCUT2D eigenvalue weighted by molar-refractivity contribution is 5.95. The standard InChI is InChI=1S/C26H20N2O5/c29-24(30)26(14-15-26)20-12-10-17(11-13-20)16-6-8-19(9-7-16)23-22(27-25(31)32)21(28-33-23)18-4-2-1-3-5-18/h1-13,27H,14-15H2,(H,29,30)(H,31,32). The number of nitrogens with one attached hydrogen (secondary N) is 1. The van der Waals surface area contributed by atoms with Crippen LogP contribution in [0.25, 0.3) is 33.7 Å². The lowest BCUT2D eigenvalue weighted by atomic mass is 9.93. The molecule has 0 unspecified atom stereocenters. The van der Waals surface area contributed by atoms with Gasteiger partial charge in [-0.2, -0.15) is 0 Å². The lowest BCUT2D eigenvalue weighted by Gasteiger charge is -2.11. The third kappa shape index (κ3) is 3.74. The number of amides is 1. The van der Waals surface area contributed by atoms with Crippen LogP contribution in [0.15, 0.2) is 83.4 Å². The number of hydrogen-bond acceptors (Lipinski definition) is 4. The van der Waals surface area contributed by atoms with Crippen molar-refractivity contribution in [2.24, 2.45) is 0 Å². The second kappa shape index (κ2) is 7.94. The first-order chi connectivity index (χ1) is 16.0. The lowest BCUT2D eigenvalue weighted by Crippen LogP contribution is -2.19. The Bertz CT molecular complexity index is 1320. The quantitative estimate of drug-likeness (QED) is 0.345. The molecule has 164 valence electrons. The molecule has 33 heavy (non-hydrogen) atoms. The summed E-state index contributed by atoms with van der Waals surface area (Å²) in [4.78, 5) is 22.9. The fourth-order valence-corrected chi connectivity index (χ4v) is 4.05. The number of benzene rings is 3. The van der Waals surface area contributed by atoms with Crippen LogP contribution in [0.5, 0.6) is 0 Å². The van der Waals surface area contributed by atoms with E-state index in [0.29, 0.717) is 29.9 Å². The van der Waals surface area contributed by atoms with Gasteiger partial charge < -0.3 is 14.7 Å². The van der Waals surface area contributed by atoms with Crippen LogP contribution in [-0.2, 0) is 10.2 Å². The summed E-state index contributed by atoms with van der Waals surface area (Å²) in [5.41, 5.74) is 4.13. The Morgan fingerprint density at radius 1 is 0.788 bits per heavy atom. The van der Waals surface area contributed by atoms with E-state index in [1.165, 1.54) is 0 Å². The van der Waals surface area contributed by atoms with E-state index in [2.05, 4.69) is 10.5 Å². The number of carboxylic acid groups (broad SMARTS) is 2. The van der Waals surface area contributed by atoms with Gasteiger partial charge in [0.2, 0.25) is 0 Å². The predicted octanol–water partition coefficient (Wildman–Crippen LogP) is 5.88. The van der Waals surface area contributed by atoms with Gasteiger partial charge in [-0.1, -0.05) is 84.0 Å². The Hall–Kier alpha value is -4.39. The minimum atomic E-state index is -1.21. The lowest BCUT2D eigenvalue weighted by molar-refractivity contribution is -0.140. The normalized spacial score (nSPS) is 13.9. The summed E-state index contributed by atoms with van der Waals surface area (Å²) in [6.45, 7) is 0. The highest BCUT2D eigenvalue weighted by Gasteiger charge is 2.51. The number of aliphatic carboxylic acids is 1. The molecule has 1 heterocycles. The molecule has 1 amide bonds. The third-order valence-electron chi connectivity index (χ3n) is 6.05. The molecular formula is C26H20N2O5. The van der Waals surface area contributed by atoms with E-state index in [1.807, 2.05) is 78.9 Å². The molecule has 1 aromatic heterocycles. The van der Waals surface area contributed by atoms with Crippen molar-refractivity contribution in [3.63, 3.8) is 0 Å². The van der Waals surface area contributed by atoms with E-state index >= 15 is 0 Å². The largest absolute Gasteiger partial charge is 0.481 e. The monoisotopic (exact) mass is 440 g/mol. The van der Waals surface area contributed by atoms with Gasteiger partial charge in [-0.15, -0.1) is 0 Å². The molecule has 5 rings (SSSR count). The van der Waals surface area contributed by atoms with Crippen molar-refractivity contribution in [2.75, 3.05) is 5.32 Å². The van der Waals surface area contributed by atoms with Crippen LogP contribution >= 0.6 is 0 Å². The van der Waals surface area contributed by atoms with Crippen LogP contribution in [0.4, 0.5) is 10.5 Å². The van der Waals surface area contributed by atoms with Crippen molar-refractivity contribution in [2.45, 2.75) is 18.3 Å². The molecule has 1 fully saturated rings. The summed E-state index contributed by atoms with van der Waals surface area (Å²) in [6, 6.07) is 24.3. The maximum absolute atomic E-state index is 11.5. The fourth-order valence-electron chi connectivity index (χ4n) is 4.05. The van der Waals surface area contributed by atoms with Gasteiger partial charge in [0.25, 0.3) is 0 Å². The SMILES string of the molecule is O=C(O)Nc1c(-c2ccccc2)noc1-c1ccc(-c2ccc(C3(C(=O)O)CC3)cc2)cc1. The average Bonchev–Trinajstić information content (AvgIpc) is 3.55. The highest BCUT2D eigenvalue weighted by Crippen LogP contribution is 2.48. The van der Waals surface area contributed by atoms with Gasteiger partial charge >= 0.3 is 12.1 Å². The topological polar surface area (TPSA) is 113 Å². The molecule has 3 N–H and O–H groups in total. The van der Waals surface area contributed by atoms with E-state index in [-0.39, 0.29) is 5.69 Å². The Balaban J connectivity index is 1.45. The van der Waals surface area contributed by atoms with Gasteiger partial charge in [0.05, 0.1) is 5.41 Å². The zero-order valence-electron chi connectivity index (χ0n) is 17.5. The predicted molar refractivity (Wildman–Crippen MR) is 123 cm³/mol. The van der Waals surface area contributed by atoms with Crippen LogP contribution in [0.3, 0.4) is 0 Å². The molecule has 7 nitrogen and oxygen atoms in total. The molecule has 0 aliphatic heterocycles. The Morgan fingerprint density at radius 2 is 1.36 bits per heavy atom. The Labute approximate surface area is 189 Å². The summed E-state index contributed by atoms with van der Waals surface area (Å²) >= 11 is 0. The molecule has 0 bridgehead atoms. The van der Waals surface area contributed by atoms with Crippen molar-refractivity contribution in [3.8, 4) is 33.7 Å². The molecule has 3 aromatic carbocycles. The van der Waals surface area contributed by atoms with Gasteiger partial charge in [0, 0.05) is 11.1 Å². The molecule has 1 aliphatic rings. The first-order valence-electron chi connectivity index (χ1n) is 10.5. The van der Waals surface area contributed by atoms with Crippen molar-refractivity contribution in [1.29, 1.82) is 0 Å². The van der Waals surface area contributed by atoms with E-state index < -0.39 is 17.5 Å². The number of aromatic nitrogens is 1. The summed E-state index contributed by atoms with van der Waals surface area (Å²) in [5, 5.41) is 25.3. The first kappa shape index (κ1) is 20.5. The van der Waals surface area contributed by atoms with Crippen molar-refractivity contribution < 1.29 is 24.3 Å². The zero-order chi connectivity index (χ0) is 23.0. The molecule has 4 aromatic rings. The minimum absolute atomic E-state index is 0.286. The number of rotatable bonds is 6. The second-order valence-corrected chi connectivity index (χ2v) is 8.07. The van der Waals surface area contributed by atoms with E-state index in [0.717, 1.165) is 22.3 Å². The molecule has 0 spiro atoms. The summed E-state index contributed by atoms with van der Waals surface area (Å²) in [6.07, 6.45) is 0.138. The van der Waals surface area contributed by atoms with Gasteiger partial charge in [-0.25, -0.2) is 4.79 Å². The first-order valence-corrected chi connectivity index (χ1v) is 10.5. The van der Waals surface area contributed by atoms with Crippen molar-refractivity contribution in [1.82, 2.24) is 5.16 Å². The minimum Gasteiger partial charge on any atom is -0.481 e. The van der Waals surface area contributed by atoms with Crippen LogP contribution in [-0.4, -0.2) is 27.4 Å². The number of anilines is 1. The van der Waals surface area contributed by atoms with Crippen molar-refractivity contribution >= 4 is 17.7 Å². The van der Waals surface area contributed by atoms with E-state index in [4.69, 9.17) is 4.52 Å².